The Labute approximate surface area is 91.5 Å². The van der Waals surface area contributed by atoms with Crippen molar-refractivity contribution in [2.24, 2.45) is 0 Å². The maximum Gasteiger partial charge on any atom is 0.178 e. The van der Waals surface area contributed by atoms with Gasteiger partial charge in [-0.15, -0.1) is 11.3 Å². The summed E-state index contributed by atoms with van der Waals surface area (Å²) in [5.74, 6) is 0. The summed E-state index contributed by atoms with van der Waals surface area (Å²) in [5, 5.41) is 9.52. The van der Waals surface area contributed by atoms with Gasteiger partial charge >= 0.3 is 0 Å². The predicted molar refractivity (Wildman–Crippen MR) is 59.6 cm³/mol. The zero-order valence-corrected chi connectivity index (χ0v) is 9.52. The van der Waals surface area contributed by atoms with Gasteiger partial charge in [-0.2, -0.15) is 5.26 Å². The molecule has 2 rings (SSSR count). The molecule has 0 spiro atoms. The minimum Gasteiger partial charge on any atom is -0.224 e. The molecule has 3 nitrogen and oxygen atoms in total. The topological polar surface area (TPSA) is 57.9 Å². The lowest BCUT2D eigenvalue weighted by molar-refractivity contribution is 0.603. The van der Waals surface area contributed by atoms with Crippen molar-refractivity contribution in [2.75, 3.05) is 6.26 Å². The minimum absolute atomic E-state index is 0.158. The molecule has 76 valence electrons. The van der Waals surface area contributed by atoms with E-state index in [1.807, 2.05) is 18.2 Å². The van der Waals surface area contributed by atoms with Crippen LogP contribution in [0.4, 0.5) is 0 Å². The van der Waals surface area contributed by atoms with E-state index >= 15 is 0 Å². The summed E-state index contributed by atoms with van der Waals surface area (Å²) in [6.45, 7) is 0. The van der Waals surface area contributed by atoms with Gasteiger partial charge < -0.3 is 0 Å². The van der Waals surface area contributed by atoms with Crippen molar-refractivity contribution in [3.63, 3.8) is 0 Å². The number of fused-ring (bicyclic) bond motifs is 1. The number of sulfone groups is 1. The van der Waals surface area contributed by atoms with E-state index in [1.165, 1.54) is 11.3 Å². The summed E-state index contributed by atoms with van der Waals surface area (Å²) in [6, 6.07) is 9.07. The minimum atomic E-state index is -3.34. The fourth-order valence-electron chi connectivity index (χ4n) is 1.46. The lowest BCUT2D eigenvalue weighted by atomic mass is 10.2. The number of hydrogen-bond donors (Lipinski definition) is 0. The first-order chi connectivity index (χ1) is 7.04. The average molecular weight is 237 g/mol. The molecule has 0 aliphatic carbocycles. The predicted octanol–water partition coefficient (Wildman–Crippen LogP) is 2.18. The summed E-state index contributed by atoms with van der Waals surface area (Å²) < 4.78 is 23.9. The Bertz CT molecular complexity index is 662. The monoisotopic (exact) mass is 237 g/mol. The molecule has 0 fully saturated rings. The molecule has 1 heterocycles. The smallest absolute Gasteiger partial charge is 0.178 e. The molecule has 2 aromatic rings. The molecule has 0 aliphatic rings. The first-order valence-electron chi connectivity index (χ1n) is 4.15. The van der Waals surface area contributed by atoms with E-state index in [0.717, 1.165) is 11.0 Å². The maximum atomic E-state index is 11.5. The molecule has 0 N–H and O–H groups in total. The normalized spacial score (nSPS) is 11.5. The highest BCUT2D eigenvalue weighted by molar-refractivity contribution is 7.91. The zero-order chi connectivity index (χ0) is 11.1. The Balaban J connectivity index is 2.99. The lowest BCUT2D eigenvalue weighted by Gasteiger charge is -1.95. The van der Waals surface area contributed by atoms with Gasteiger partial charge in [0, 0.05) is 16.3 Å². The second kappa shape index (κ2) is 3.33. The van der Waals surface area contributed by atoms with Crippen LogP contribution in [0.1, 0.15) is 4.88 Å². The Kier molecular flexibility index (Phi) is 2.25. The number of nitrogens with zero attached hydrogens (tertiary/aromatic N) is 1. The van der Waals surface area contributed by atoms with Crippen LogP contribution in [-0.2, 0) is 9.84 Å². The zero-order valence-electron chi connectivity index (χ0n) is 7.89. The molecule has 0 radical (unpaired) electrons. The Hall–Kier alpha value is -1.38. The summed E-state index contributed by atoms with van der Waals surface area (Å²) >= 11 is 1.21. The molecule has 0 aliphatic heterocycles. The molecule has 1 aromatic carbocycles. The number of hydrogen-bond acceptors (Lipinski definition) is 4. The highest BCUT2D eigenvalue weighted by atomic mass is 32.2. The summed E-state index contributed by atoms with van der Waals surface area (Å²) in [7, 11) is -3.34. The molecule has 0 unspecified atom stereocenters. The van der Waals surface area contributed by atoms with Crippen LogP contribution in [0.15, 0.2) is 29.2 Å². The second-order valence-corrected chi connectivity index (χ2v) is 6.15. The van der Waals surface area contributed by atoms with Crippen LogP contribution in [0.5, 0.6) is 0 Å². The van der Waals surface area contributed by atoms with Gasteiger partial charge in [0.05, 0.1) is 0 Å². The van der Waals surface area contributed by atoms with Gasteiger partial charge in [-0.25, -0.2) is 8.42 Å². The third kappa shape index (κ3) is 1.62. The van der Waals surface area contributed by atoms with Crippen molar-refractivity contribution in [2.45, 2.75) is 4.90 Å². The van der Waals surface area contributed by atoms with Crippen LogP contribution in [0, 0.1) is 11.3 Å². The standard InChI is InChI=1S/C10H7NO2S2/c1-15(12,13)10-7-4-2-3-5-8(7)14-9(10)6-11/h2-5H,1H3. The number of nitriles is 1. The highest BCUT2D eigenvalue weighted by Gasteiger charge is 2.19. The molecule has 5 heteroatoms. The quantitative estimate of drug-likeness (QED) is 0.763. The Morgan fingerprint density at radius 2 is 2.00 bits per heavy atom. The lowest BCUT2D eigenvalue weighted by Crippen LogP contribution is -1.97. The van der Waals surface area contributed by atoms with E-state index in [0.29, 0.717) is 5.39 Å². The van der Waals surface area contributed by atoms with E-state index in [2.05, 4.69) is 0 Å². The van der Waals surface area contributed by atoms with Gasteiger partial charge in [-0.1, -0.05) is 18.2 Å². The van der Waals surface area contributed by atoms with Crippen LogP contribution in [0.25, 0.3) is 10.1 Å². The summed E-state index contributed by atoms with van der Waals surface area (Å²) in [5.41, 5.74) is 0. The fourth-order valence-corrected chi connectivity index (χ4v) is 3.96. The third-order valence-corrected chi connectivity index (χ3v) is 4.39. The molecule has 0 bridgehead atoms. The number of rotatable bonds is 1. The van der Waals surface area contributed by atoms with Crippen molar-refractivity contribution < 1.29 is 8.42 Å². The number of thiophene rings is 1. The van der Waals surface area contributed by atoms with E-state index < -0.39 is 9.84 Å². The van der Waals surface area contributed by atoms with Crippen LogP contribution < -0.4 is 0 Å². The average Bonchev–Trinajstić information content (AvgIpc) is 2.54. The Morgan fingerprint density at radius 3 is 2.60 bits per heavy atom. The molecule has 0 saturated heterocycles. The van der Waals surface area contributed by atoms with Gasteiger partial charge in [-0.3, -0.25) is 0 Å². The first-order valence-corrected chi connectivity index (χ1v) is 6.86. The third-order valence-electron chi connectivity index (χ3n) is 2.02. The van der Waals surface area contributed by atoms with Crippen LogP contribution in [-0.4, -0.2) is 14.7 Å². The number of benzene rings is 1. The molecule has 0 saturated carbocycles. The molecule has 15 heavy (non-hydrogen) atoms. The molecular weight excluding hydrogens is 230 g/mol. The molecule has 0 amide bonds. The fraction of sp³-hybridized carbons (Fsp3) is 0.100. The maximum absolute atomic E-state index is 11.5. The highest BCUT2D eigenvalue weighted by Crippen LogP contribution is 2.33. The van der Waals surface area contributed by atoms with Gasteiger partial charge in [0.15, 0.2) is 9.84 Å². The van der Waals surface area contributed by atoms with Crippen LogP contribution >= 0.6 is 11.3 Å². The van der Waals surface area contributed by atoms with Gasteiger partial charge in [0.1, 0.15) is 15.8 Å². The van der Waals surface area contributed by atoms with Crippen molar-refractivity contribution >= 4 is 31.3 Å². The Morgan fingerprint density at radius 1 is 1.33 bits per heavy atom. The van der Waals surface area contributed by atoms with E-state index in [4.69, 9.17) is 5.26 Å². The second-order valence-electron chi connectivity index (χ2n) is 3.14. The van der Waals surface area contributed by atoms with E-state index in [1.54, 1.807) is 12.1 Å². The van der Waals surface area contributed by atoms with Crippen molar-refractivity contribution in [3.05, 3.63) is 29.1 Å². The summed E-state index contributed by atoms with van der Waals surface area (Å²) in [6.07, 6.45) is 1.13. The van der Waals surface area contributed by atoms with Crippen LogP contribution in [0.2, 0.25) is 0 Å². The SMILES string of the molecule is CS(=O)(=O)c1c(C#N)sc2ccccc12. The molecular formula is C10H7NO2S2. The first kappa shape index (κ1) is 10.1. The molecule has 0 atom stereocenters. The van der Waals surface area contributed by atoms with Crippen molar-refractivity contribution in [1.82, 2.24) is 0 Å². The van der Waals surface area contributed by atoms with Gasteiger partial charge in [0.2, 0.25) is 0 Å². The molecule has 1 aromatic heterocycles. The van der Waals surface area contributed by atoms with Crippen molar-refractivity contribution in [1.29, 1.82) is 5.26 Å². The van der Waals surface area contributed by atoms with E-state index in [-0.39, 0.29) is 9.77 Å². The summed E-state index contributed by atoms with van der Waals surface area (Å²) in [4.78, 5) is 0.421. The van der Waals surface area contributed by atoms with E-state index in [9.17, 15) is 8.42 Å². The van der Waals surface area contributed by atoms with Gasteiger partial charge in [-0.05, 0) is 6.07 Å². The van der Waals surface area contributed by atoms with Crippen molar-refractivity contribution in [3.8, 4) is 6.07 Å². The largest absolute Gasteiger partial charge is 0.224 e. The van der Waals surface area contributed by atoms with Crippen LogP contribution in [0.3, 0.4) is 0 Å². The van der Waals surface area contributed by atoms with Gasteiger partial charge in [0.25, 0.3) is 0 Å².